The first-order chi connectivity index (χ1) is 11.1. The summed E-state index contributed by atoms with van der Waals surface area (Å²) in [6.07, 6.45) is 2.76. The molecule has 23 heavy (non-hydrogen) atoms. The molecule has 3 rings (SSSR count). The summed E-state index contributed by atoms with van der Waals surface area (Å²) in [5, 5.41) is 0. The standard InChI is InChI=1S/C18H15FO4/c19-14-7-2-6-13(10-14)18(21)23-16-9-3-8-15(11-16)22-17(20)12-4-1-5-12/h2-3,6-12H,1,4-5H2. The summed E-state index contributed by atoms with van der Waals surface area (Å²) in [6.45, 7) is 0. The summed E-state index contributed by atoms with van der Waals surface area (Å²) >= 11 is 0. The van der Waals surface area contributed by atoms with Gasteiger partial charge in [-0.05, 0) is 43.2 Å². The van der Waals surface area contributed by atoms with E-state index in [1.807, 2.05) is 0 Å². The lowest BCUT2D eigenvalue weighted by atomic mass is 9.86. The van der Waals surface area contributed by atoms with Crippen LogP contribution in [0.5, 0.6) is 11.5 Å². The van der Waals surface area contributed by atoms with Gasteiger partial charge in [0.15, 0.2) is 0 Å². The second-order valence-corrected chi connectivity index (χ2v) is 5.42. The van der Waals surface area contributed by atoms with Gasteiger partial charge in [0.1, 0.15) is 17.3 Å². The van der Waals surface area contributed by atoms with Gasteiger partial charge in [-0.25, -0.2) is 9.18 Å². The van der Waals surface area contributed by atoms with Gasteiger partial charge in [-0.3, -0.25) is 4.79 Å². The highest BCUT2D eigenvalue weighted by molar-refractivity contribution is 5.91. The normalized spacial score (nSPS) is 14.0. The number of halogens is 1. The van der Waals surface area contributed by atoms with Crippen molar-refractivity contribution in [2.24, 2.45) is 5.92 Å². The van der Waals surface area contributed by atoms with E-state index in [1.165, 1.54) is 24.3 Å². The minimum Gasteiger partial charge on any atom is -0.426 e. The molecule has 1 saturated carbocycles. The molecule has 0 aliphatic heterocycles. The summed E-state index contributed by atoms with van der Waals surface area (Å²) in [5.74, 6) is -0.919. The van der Waals surface area contributed by atoms with Crippen molar-refractivity contribution < 1.29 is 23.5 Å². The van der Waals surface area contributed by atoms with Gasteiger partial charge in [0.25, 0.3) is 0 Å². The molecule has 1 aliphatic carbocycles. The predicted octanol–water partition coefficient (Wildman–Crippen LogP) is 3.75. The summed E-state index contributed by atoms with van der Waals surface area (Å²) in [6, 6.07) is 11.5. The van der Waals surface area contributed by atoms with E-state index in [9.17, 15) is 14.0 Å². The molecule has 0 N–H and O–H groups in total. The van der Waals surface area contributed by atoms with Crippen molar-refractivity contribution in [2.75, 3.05) is 0 Å². The molecule has 0 amide bonds. The molecule has 0 aromatic heterocycles. The lowest BCUT2D eigenvalue weighted by molar-refractivity contribution is -0.141. The van der Waals surface area contributed by atoms with Crippen molar-refractivity contribution in [1.82, 2.24) is 0 Å². The Morgan fingerprint density at radius 2 is 1.65 bits per heavy atom. The highest BCUT2D eigenvalue weighted by Gasteiger charge is 2.27. The molecule has 0 spiro atoms. The molecule has 2 aromatic rings. The van der Waals surface area contributed by atoms with Gasteiger partial charge in [-0.1, -0.05) is 18.6 Å². The van der Waals surface area contributed by atoms with Crippen LogP contribution < -0.4 is 9.47 Å². The number of hydrogen-bond donors (Lipinski definition) is 0. The third-order valence-corrected chi connectivity index (χ3v) is 3.73. The molecule has 0 bridgehead atoms. The maximum Gasteiger partial charge on any atom is 0.343 e. The van der Waals surface area contributed by atoms with Crippen LogP contribution in [-0.4, -0.2) is 11.9 Å². The van der Waals surface area contributed by atoms with E-state index in [1.54, 1.807) is 18.2 Å². The molecule has 0 atom stereocenters. The smallest absolute Gasteiger partial charge is 0.343 e. The first-order valence-corrected chi connectivity index (χ1v) is 7.41. The van der Waals surface area contributed by atoms with Crippen LogP contribution in [0, 0.1) is 11.7 Å². The Morgan fingerprint density at radius 3 is 2.30 bits per heavy atom. The van der Waals surface area contributed by atoms with Crippen LogP contribution in [0.15, 0.2) is 48.5 Å². The van der Waals surface area contributed by atoms with Crippen LogP contribution in [0.25, 0.3) is 0 Å². The highest BCUT2D eigenvalue weighted by Crippen LogP contribution is 2.29. The van der Waals surface area contributed by atoms with E-state index in [-0.39, 0.29) is 23.2 Å². The maximum atomic E-state index is 13.1. The van der Waals surface area contributed by atoms with Crippen molar-refractivity contribution in [2.45, 2.75) is 19.3 Å². The van der Waals surface area contributed by atoms with Crippen molar-refractivity contribution >= 4 is 11.9 Å². The Balaban J connectivity index is 1.67. The topological polar surface area (TPSA) is 52.6 Å². The highest BCUT2D eigenvalue weighted by atomic mass is 19.1. The zero-order valence-corrected chi connectivity index (χ0v) is 12.3. The summed E-state index contributed by atoms with van der Waals surface area (Å²) in [7, 11) is 0. The fourth-order valence-corrected chi connectivity index (χ4v) is 2.23. The molecule has 2 aromatic carbocycles. The molecule has 1 fully saturated rings. The largest absolute Gasteiger partial charge is 0.426 e. The van der Waals surface area contributed by atoms with Gasteiger partial charge >= 0.3 is 11.9 Å². The van der Waals surface area contributed by atoms with Crippen molar-refractivity contribution in [1.29, 1.82) is 0 Å². The minimum absolute atomic E-state index is 0.0338. The molecule has 0 heterocycles. The van der Waals surface area contributed by atoms with Gasteiger partial charge in [0.2, 0.25) is 0 Å². The molecule has 0 unspecified atom stereocenters. The van der Waals surface area contributed by atoms with Crippen LogP contribution in [0.3, 0.4) is 0 Å². The van der Waals surface area contributed by atoms with Crippen molar-refractivity contribution in [3.05, 3.63) is 59.9 Å². The third-order valence-electron chi connectivity index (χ3n) is 3.73. The van der Waals surface area contributed by atoms with Gasteiger partial charge in [0.05, 0.1) is 11.5 Å². The maximum absolute atomic E-state index is 13.1. The van der Waals surface area contributed by atoms with Crippen LogP contribution in [0.1, 0.15) is 29.6 Å². The Kier molecular flexibility index (Phi) is 4.37. The van der Waals surface area contributed by atoms with E-state index >= 15 is 0 Å². The summed E-state index contributed by atoms with van der Waals surface area (Å²) < 4.78 is 23.6. The van der Waals surface area contributed by atoms with Crippen molar-refractivity contribution in [3.8, 4) is 11.5 Å². The fraction of sp³-hybridized carbons (Fsp3) is 0.222. The van der Waals surface area contributed by atoms with Gasteiger partial charge < -0.3 is 9.47 Å². The molecule has 1 aliphatic rings. The Bertz CT molecular complexity index is 737. The number of hydrogen-bond acceptors (Lipinski definition) is 4. The minimum atomic E-state index is -0.674. The number of benzene rings is 2. The molecule has 0 radical (unpaired) electrons. The molecule has 5 heteroatoms. The molecular weight excluding hydrogens is 299 g/mol. The fourth-order valence-electron chi connectivity index (χ4n) is 2.23. The lowest BCUT2D eigenvalue weighted by Gasteiger charge is -2.22. The van der Waals surface area contributed by atoms with E-state index in [4.69, 9.17) is 9.47 Å². The molecule has 118 valence electrons. The van der Waals surface area contributed by atoms with Crippen LogP contribution >= 0.6 is 0 Å². The predicted molar refractivity (Wildman–Crippen MR) is 80.8 cm³/mol. The average Bonchev–Trinajstić information content (AvgIpc) is 2.45. The van der Waals surface area contributed by atoms with Crippen LogP contribution in [0.2, 0.25) is 0 Å². The number of esters is 2. The second-order valence-electron chi connectivity index (χ2n) is 5.42. The van der Waals surface area contributed by atoms with E-state index < -0.39 is 11.8 Å². The number of rotatable bonds is 4. The Morgan fingerprint density at radius 1 is 0.957 bits per heavy atom. The zero-order valence-electron chi connectivity index (χ0n) is 12.3. The van der Waals surface area contributed by atoms with E-state index in [2.05, 4.69) is 0 Å². The van der Waals surface area contributed by atoms with Gasteiger partial charge in [-0.15, -0.1) is 0 Å². The average molecular weight is 314 g/mol. The molecule has 0 saturated heterocycles. The number of carbonyl (C=O) groups excluding carboxylic acids is 2. The number of ether oxygens (including phenoxy) is 2. The monoisotopic (exact) mass is 314 g/mol. The SMILES string of the molecule is O=C(Oc1cccc(OC(=O)C2CCC2)c1)c1cccc(F)c1. The van der Waals surface area contributed by atoms with E-state index in [0.29, 0.717) is 5.75 Å². The molecule has 4 nitrogen and oxygen atoms in total. The third kappa shape index (κ3) is 3.74. The first kappa shape index (κ1) is 15.2. The zero-order chi connectivity index (χ0) is 16.2. The Hall–Kier alpha value is -2.69. The van der Waals surface area contributed by atoms with E-state index in [0.717, 1.165) is 25.3 Å². The van der Waals surface area contributed by atoms with Gasteiger partial charge in [0, 0.05) is 6.07 Å². The van der Waals surface area contributed by atoms with Gasteiger partial charge in [-0.2, -0.15) is 0 Å². The molecular formula is C18H15FO4. The quantitative estimate of drug-likeness (QED) is 0.637. The first-order valence-electron chi connectivity index (χ1n) is 7.41. The van der Waals surface area contributed by atoms with Crippen molar-refractivity contribution in [3.63, 3.8) is 0 Å². The number of carbonyl (C=O) groups is 2. The van der Waals surface area contributed by atoms with Crippen LogP contribution in [0.4, 0.5) is 4.39 Å². The lowest BCUT2D eigenvalue weighted by Crippen LogP contribution is -2.26. The summed E-state index contributed by atoms with van der Waals surface area (Å²) in [5.41, 5.74) is 0.113. The second kappa shape index (κ2) is 6.60. The Labute approximate surface area is 132 Å². The summed E-state index contributed by atoms with van der Waals surface area (Å²) in [4.78, 5) is 23.8. The van der Waals surface area contributed by atoms with Crippen LogP contribution in [-0.2, 0) is 4.79 Å².